The molecule has 0 aromatic carbocycles. The van der Waals surface area contributed by atoms with Crippen molar-refractivity contribution in [3.05, 3.63) is 0 Å². The van der Waals surface area contributed by atoms with Crippen LogP contribution in [-0.2, 0) is 9.59 Å². The van der Waals surface area contributed by atoms with Gasteiger partial charge in [-0.3, -0.25) is 9.59 Å². The number of hydrogen-bond acceptors (Lipinski definition) is 2. The topological polar surface area (TPSA) is 58.2 Å². The molecular weight excluding hydrogens is 216 g/mol. The van der Waals surface area contributed by atoms with Crippen molar-refractivity contribution < 1.29 is 9.59 Å². The van der Waals surface area contributed by atoms with E-state index in [-0.39, 0.29) is 23.9 Å². The molecule has 0 saturated carbocycles. The van der Waals surface area contributed by atoms with Crippen LogP contribution >= 0.6 is 0 Å². The van der Waals surface area contributed by atoms with Crippen molar-refractivity contribution in [1.29, 1.82) is 0 Å². The first-order valence-corrected chi connectivity index (χ1v) is 6.43. The molecule has 0 bridgehead atoms. The number of nitrogens with one attached hydrogen (secondary N) is 2. The molecule has 0 spiro atoms. The highest BCUT2D eigenvalue weighted by Crippen LogP contribution is 1.96. The van der Waals surface area contributed by atoms with E-state index in [2.05, 4.69) is 10.6 Å². The first-order valence-electron chi connectivity index (χ1n) is 6.43. The zero-order valence-electron chi connectivity index (χ0n) is 12.7. The SMILES string of the molecule is CC.CC.CCC(=O)NCC(=O)NC(C)(C)C. The quantitative estimate of drug-likeness (QED) is 0.803. The normalized spacial score (nSPS) is 8.94. The second kappa shape index (κ2) is 13.0. The van der Waals surface area contributed by atoms with Crippen LogP contribution in [0.3, 0.4) is 0 Å². The van der Waals surface area contributed by atoms with Crippen LogP contribution in [0.25, 0.3) is 0 Å². The fourth-order valence-electron chi connectivity index (χ4n) is 0.766. The summed E-state index contributed by atoms with van der Waals surface area (Å²) in [5.41, 5.74) is -0.242. The Kier molecular flexibility index (Phi) is 16.3. The molecule has 0 fully saturated rings. The smallest absolute Gasteiger partial charge is 0.239 e. The summed E-state index contributed by atoms with van der Waals surface area (Å²) in [6.07, 6.45) is 0.406. The monoisotopic (exact) mass is 246 g/mol. The molecule has 0 unspecified atom stereocenters. The van der Waals surface area contributed by atoms with Crippen molar-refractivity contribution in [3.63, 3.8) is 0 Å². The molecule has 104 valence electrons. The Hall–Kier alpha value is -1.06. The third kappa shape index (κ3) is 20.9. The maximum absolute atomic E-state index is 11.2. The summed E-state index contributed by atoms with van der Waals surface area (Å²) in [7, 11) is 0. The maximum atomic E-state index is 11.2. The molecule has 0 aromatic rings. The minimum absolute atomic E-state index is 0.0595. The van der Waals surface area contributed by atoms with Crippen molar-refractivity contribution in [2.45, 2.75) is 67.3 Å². The number of carbonyl (C=O) groups excluding carboxylic acids is 2. The molecular formula is C13H30N2O2. The summed E-state index contributed by atoms with van der Waals surface area (Å²) in [6, 6.07) is 0. The lowest BCUT2D eigenvalue weighted by atomic mass is 10.1. The average molecular weight is 246 g/mol. The van der Waals surface area contributed by atoms with E-state index in [1.54, 1.807) is 6.92 Å². The van der Waals surface area contributed by atoms with E-state index in [0.29, 0.717) is 6.42 Å². The molecule has 17 heavy (non-hydrogen) atoms. The summed E-state index contributed by atoms with van der Waals surface area (Å²) in [4.78, 5) is 21.9. The Morgan fingerprint density at radius 2 is 1.35 bits per heavy atom. The molecule has 2 amide bonds. The van der Waals surface area contributed by atoms with E-state index >= 15 is 0 Å². The predicted molar refractivity (Wildman–Crippen MR) is 73.9 cm³/mol. The van der Waals surface area contributed by atoms with E-state index in [9.17, 15) is 9.59 Å². The van der Waals surface area contributed by atoms with Crippen molar-refractivity contribution in [2.24, 2.45) is 0 Å². The largest absolute Gasteiger partial charge is 0.350 e. The molecule has 0 saturated heterocycles. The minimum atomic E-state index is -0.242. The van der Waals surface area contributed by atoms with Crippen LogP contribution in [0.1, 0.15) is 61.8 Å². The lowest BCUT2D eigenvalue weighted by molar-refractivity contribution is -0.126. The second-order valence-electron chi connectivity index (χ2n) is 3.93. The predicted octanol–water partition coefficient (Wildman–Crippen LogP) is 2.48. The molecule has 0 aliphatic rings. The van der Waals surface area contributed by atoms with Gasteiger partial charge in [-0.15, -0.1) is 0 Å². The van der Waals surface area contributed by atoms with Gasteiger partial charge in [-0.2, -0.15) is 0 Å². The lowest BCUT2D eigenvalue weighted by Gasteiger charge is -2.20. The van der Waals surface area contributed by atoms with Gasteiger partial charge < -0.3 is 10.6 Å². The van der Waals surface area contributed by atoms with Gasteiger partial charge in [0.1, 0.15) is 0 Å². The van der Waals surface area contributed by atoms with Gasteiger partial charge >= 0.3 is 0 Å². The van der Waals surface area contributed by atoms with E-state index < -0.39 is 0 Å². The standard InChI is InChI=1S/C9H18N2O2.2C2H6/c1-5-7(12)10-6-8(13)11-9(2,3)4;2*1-2/h5-6H2,1-4H3,(H,10,12)(H,11,13);2*1-2H3. The van der Waals surface area contributed by atoms with Gasteiger partial charge in [-0.25, -0.2) is 0 Å². The zero-order valence-corrected chi connectivity index (χ0v) is 12.7. The molecule has 0 rings (SSSR count). The zero-order chi connectivity index (χ0) is 14.5. The molecule has 0 atom stereocenters. The minimum Gasteiger partial charge on any atom is -0.350 e. The van der Waals surface area contributed by atoms with E-state index in [1.165, 1.54) is 0 Å². The highest BCUT2D eigenvalue weighted by Gasteiger charge is 2.13. The van der Waals surface area contributed by atoms with Crippen molar-refractivity contribution in [2.75, 3.05) is 6.54 Å². The molecule has 0 aromatic heterocycles. The van der Waals surface area contributed by atoms with Gasteiger partial charge in [-0.1, -0.05) is 34.6 Å². The van der Waals surface area contributed by atoms with Crippen LogP contribution in [0, 0.1) is 0 Å². The van der Waals surface area contributed by atoms with Crippen LogP contribution in [0.2, 0.25) is 0 Å². The molecule has 0 aliphatic carbocycles. The lowest BCUT2D eigenvalue weighted by Crippen LogP contribution is -2.45. The van der Waals surface area contributed by atoms with Crippen LogP contribution in [0.4, 0.5) is 0 Å². The molecule has 4 heteroatoms. The Balaban J connectivity index is -0.000000439. The van der Waals surface area contributed by atoms with E-state index in [4.69, 9.17) is 0 Å². The fourth-order valence-corrected chi connectivity index (χ4v) is 0.766. The first-order chi connectivity index (χ1) is 7.85. The van der Waals surface area contributed by atoms with Crippen LogP contribution < -0.4 is 10.6 Å². The summed E-state index contributed by atoms with van der Waals surface area (Å²) < 4.78 is 0. The Labute approximate surface area is 107 Å². The third-order valence-electron chi connectivity index (χ3n) is 1.28. The van der Waals surface area contributed by atoms with Crippen molar-refractivity contribution in [3.8, 4) is 0 Å². The molecule has 4 nitrogen and oxygen atoms in total. The number of carbonyl (C=O) groups is 2. The van der Waals surface area contributed by atoms with E-state index in [0.717, 1.165) is 0 Å². The van der Waals surface area contributed by atoms with Crippen LogP contribution in [0.15, 0.2) is 0 Å². The molecule has 2 N–H and O–H groups in total. The summed E-state index contributed by atoms with van der Waals surface area (Å²) in [5.74, 6) is -0.265. The molecule has 0 heterocycles. The van der Waals surface area contributed by atoms with Gasteiger partial charge in [0.25, 0.3) is 0 Å². The number of rotatable bonds is 3. The number of amides is 2. The number of hydrogen-bond donors (Lipinski definition) is 2. The maximum Gasteiger partial charge on any atom is 0.239 e. The van der Waals surface area contributed by atoms with Gasteiger partial charge in [0.05, 0.1) is 6.54 Å². The Morgan fingerprint density at radius 1 is 0.941 bits per heavy atom. The van der Waals surface area contributed by atoms with Gasteiger partial charge in [0.2, 0.25) is 11.8 Å². The second-order valence-corrected chi connectivity index (χ2v) is 3.93. The van der Waals surface area contributed by atoms with Gasteiger partial charge in [0, 0.05) is 12.0 Å². The third-order valence-corrected chi connectivity index (χ3v) is 1.28. The highest BCUT2D eigenvalue weighted by atomic mass is 16.2. The van der Waals surface area contributed by atoms with Gasteiger partial charge in [0.15, 0.2) is 0 Å². The first kappa shape index (κ1) is 21.2. The fraction of sp³-hybridized carbons (Fsp3) is 0.846. The van der Waals surface area contributed by atoms with E-state index in [1.807, 2.05) is 48.5 Å². The van der Waals surface area contributed by atoms with Crippen molar-refractivity contribution in [1.82, 2.24) is 10.6 Å². The van der Waals surface area contributed by atoms with Gasteiger partial charge in [-0.05, 0) is 20.8 Å². The summed E-state index contributed by atoms with van der Waals surface area (Å²) >= 11 is 0. The molecule has 0 radical (unpaired) electrons. The average Bonchev–Trinajstić information content (AvgIpc) is 2.29. The van der Waals surface area contributed by atoms with Crippen molar-refractivity contribution >= 4 is 11.8 Å². The van der Waals surface area contributed by atoms with Crippen LogP contribution in [-0.4, -0.2) is 23.9 Å². The van der Waals surface area contributed by atoms with Crippen LogP contribution in [0.5, 0.6) is 0 Å². The molecule has 0 aliphatic heterocycles. The Morgan fingerprint density at radius 3 is 1.65 bits per heavy atom. The summed E-state index contributed by atoms with van der Waals surface area (Å²) in [5, 5.41) is 5.25. The Bertz CT molecular complexity index is 196. The highest BCUT2D eigenvalue weighted by molar-refractivity contribution is 5.84. The summed E-state index contributed by atoms with van der Waals surface area (Å²) in [6.45, 7) is 15.5.